The van der Waals surface area contributed by atoms with E-state index in [0.717, 1.165) is 36.9 Å². The number of hydrogen-bond acceptors (Lipinski definition) is 2. The molecule has 1 saturated heterocycles. The highest BCUT2D eigenvalue weighted by Crippen LogP contribution is 2.20. The minimum absolute atomic E-state index is 0.140. The first kappa shape index (κ1) is 15.5. The topological polar surface area (TPSA) is 32.3 Å². The molecule has 1 aromatic rings. The Bertz CT molecular complexity index is 444. The molecule has 1 atom stereocenters. The monoisotopic (exact) mass is 338 g/mol. The van der Waals surface area contributed by atoms with Crippen molar-refractivity contribution in [1.82, 2.24) is 10.2 Å². The van der Waals surface area contributed by atoms with Gasteiger partial charge >= 0.3 is 0 Å². The predicted octanol–water partition coefficient (Wildman–Crippen LogP) is 3.19. The fourth-order valence-electron chi connectivity index (χ4n) is 2.66. The molecule has 1 aromatic carbocycles. The van der Waals surface area contributed by atoms with E-state index in [1.807, 2.05) is 13.8 Å². The van der Waals surface area contributed by atoms with Crippen molar-refractivity contribution < 1.29 is 4.79 Å². The number of hydrogen-bond donors (Lipinski definition) is 1. The lowest BCUT2D eigenvalue weighted by atomic mass is 9.96. The van der Waals surface area contributed by atoms with Gasteiger partial charge in [-0.1, -0.05) is 28.1 Å². The number of benzene rings is 1. The molecule has 1 heterocycles. The number of rotatable bonds is 4. The van der Waals surface area contributed by atoms with Crippen molar-refractivity contribution in [2.45, 2.75) is 39.3 Å². The molecule has 4 heteroatoms. The largest absolute Gasteiger partial charge is 0.354 e. The minimum atomic E-state index is 0.140. The molecule has 0 bridgehead atoms. The number of halogens is 1. The highest BCUT2D eigenvalue weighted by atomic mass is 79.9. The van der Waals surface area contributed by atoms with Crippen LogP contribution in [0.15, 0.2) is 28.7 Å². The van der Waals surface area contributed by atoms with E-state index in [0.29, 0.717) is 0 Å². The zero-order valence-corrected chi connectivity index (χ0v) is 13.8. The van der Waals surface area contributed by atoms with E-state index in [1.54, 1.807) is 0 Å². The second kappa shape index (κ2) is 7.23. The van der Waals surface area contributed by atoms with Gasteiger partial charge in [-0.25, -0.2) is 0 Å². The lowest BCUT2D eigenvalue weighted by Crippen LogP contribution is -2.44. The third kappa shape index (κ3) is 4.60. The molecule has 1 aliphatic heterocycles. The maximum Gasteiger partial charge on any atom is 0.224 e. The average Bonchev–Trinajstić information content (AvgIpc) is 2.41. The van der Waals surface area contributed by atoms with E-state index in [9.17, 15) is 4.79 Å². The summed E-state index contributed by atoms with van der Waals surface area (Å²) in [4.78, 5) is 14.5. The Labute approximate surface area is 129 Å². The van der Waals surface area contributed by atoms with Gasteiger partial charge in [0.2, 0.25) is 5.91 Å². The first-order valence-electron chi connectivity index (χ1n) is 7.32. The highest BCUT2D eigenvalue weighted by Gasteiger charge is 2.25. The van der Waals surface area contributed by atoms with Gasteiger partial charge in [-0.15, -0.1) is 0 Å². The van der Waals surface area contributed by atoms with Crippen LogP contribution in [-0.4, -0.2) is 29.9 Å². The Kier molecular flexibility index (Phi) is 5.61. The van der Waals surface area contributed by atoms with Gasteiger partial charge in [0.25, 0.3) is 0 Å². The lowest BCUT2D eigenvalue weighted by Gasteiger charge is -2.32. The highest BCUT2D eigenvalue weighted by molar-refractivity contribution is 9.10. The molecule has 1 aliphatic rings. The normalized spacial score (nSPS) is 20.1. The molecular formula is C16H23BrN2O. The molecule has 110 valence electrons. The molecule has 1 N–H and O–H groups in total. The van der Waals surface area contributed by atoms with Crippen molar-refractivity contribution in [1.29, 1.82) is 0 Å². The standard InChI is InChI=1S/C16H23BrN2O/c1-12(2)18-16(20)14-4-3-9-19(11-14)10-13-5-7-15(17)8-6-13/h5-8,12,14H,3-4,9-11H2,1-2H3,(H,18,20). The van der Waals surface area contributed by atoms with Crippen LogP contribution in [0.2, 0.25) is 0 Å². The molecule has 0 aliphatic carbocycles. The van der Waals surface area contributed by atoms with Crippen LogP contribution in [0.1, 0.15) is 32.3 Å². The lowest BCUT2D eigenvalue weighted by molar-refractivity contribution is -0.127. The van der Waals surface area contributed by atoms with Crippen LogP contribution in [0.25, 0.3) is 0 Å². The number of nitrogens with zero attached hydrogens (tertiary/aromatic N) is 1. The van der Waals surface area contributed by atoms with Gasteiger partial charge in [0.15, 0.2) is 0 Å². The molecule has 0 radical (unpaired) electrons. The molecule has 1 amide bonds. The Balaban J connectivity index is 1.90. The van der Waals surface area contributed by atoms with Crippen molar-refractivity contribution in [2.75, 3.05) is 13.1 Å². The van der Waals surface area contributed by atoms with Crippen molar-refractivity contribution >= 4 is 21.8 Å². The summed E-state index contributed by atoms with van der Waals surface area (Å²) in [6.45, 7) is 6.91. The van der Waals surface area contributed by atoms with E-state index in [2.05, 4.69) is 50.4 Å². The van der Waals surface area contributed by atoms with Gasteiger partial charge in [-0.2, -0.15) is 0 Å². The van der Waals surface area contributed by atoms with Crippen LogP contribution in [0.5, 0.6) is 0 Å². The third-order valence-corrected chi connectivity index (χ3v) is 4.16. The van der Waals surface area contributed by atoms with Crippen molar-refractivity contribution in [3.8, 4) is 0 Å². The van der Waals surface area contributed by atoms with Gasteiger partial charge in [-0.3, -0.25) is 9.69 Å². The van der Waals surface area contributed by atoms with Gasteiger partial charge in [0.05, 0.1) is 5.92 Å². The molecule has 3 nitrogen and oxygen atoms in total. The van der Waals surface area contributed by atoms with Crippen LogP contribution < -0.4 is 5.32 Å². The van der Waals surface area contributed by atoms with E-state index >= 15 is 0 Å². The fraction of sp³-hybridized carbons (Fsp3) is 0.562. The van der Waals surface area contributed by atoms with Crippen molar-refractivity contribution in [3.63, 3.8) is 0 Å². The molecule has 0 spiro atoms. The summed E-state index contributed by atoms with van der Waals surface area (Å²) < 4.78 is 1.11. The van der Waals surface area contributed by atoms with Crippen LogP contribution in [0.3, 0.4) is 0 Å². The molecule has 0 saturated carbocycles. The van der Waals surface area contributed by atoms with Gasteiger partial charge < -0.3 is 5.32 Å². The first-order valence-corrected chi connectivity index (χ1v) is 8.11. The molecule has 1 fully saturated rings. The number of likely N-dealkylation sites (tertiary alicyclic amines) is 1. The Hall–Kier alpha value is -0.870. The summed E-state index contributed by atoms with van der Waals surface area (Å²) in [5, 5.41) is 3.03. The van der Waals surface area contributed by atoms with Crippen LogP contribution in [-0.2, 0) is 11.3 Å². The number of nitrogens with one attached hydrogen (secondary N) is 1. The van der Waals surface area contributed by atoms with E-state index in [-0.39, 0.29) is 17.9 Å². The van der Waals surface area contributed by atoms with Crippen molar-refractivity contribution in [3.05, 3.63) is 34.3 Å². The number of amides is 1. The van der Waals surface area contributed by atoms with E-state index in [1.165, 1.54) is 5.56 Å². The van der Waals surface area contributed by atoms with E-state index in [4.69, 9.17) is 0 Å². The summed E-state index contributed by atoms with van der Waals surface area (Å²) in [5.41, 5.74) is 1.30. The predicted molar refractivity (Wildman–Crippen MR) is 85.4 cm³/mol. The molecular weight excluding hydrogens is 316 g/mol. The number of carbonyl (C=O) groups excluding carboxylic acids is 1. The maximum atomic E-state index is 12.1. The Morgan fingerprint density at radius 2 is 2.10 bits per heavy atom. The Morgan fingerprint density at radius 1 is 1.40 bits per heavy atom. The zero-order valence-electron chi connectivity index (χ0n) is 12.2. The summed E-state index contributed by atoms with van der Waals surface area (Å²) in [7, 11) is 0. The number of carbonyl (C=O) groups is 1. The van der Waals surface area contributed by atoms with Crippen LogP contribution in [0, 0.1) is 5.92 Å². The molecule has 1 unspecified atom stereocenters. The molecule has 0 aromatic heterocycles. The smallest absolute Gasteiger partial charge is 0.224 e. The van der Waals surface area contributed by atoms with Crippen molar-refractivity contribution in [2.24, 2.45) is 5.92 Å². The third-order valence-electron chi connectivity index (χ3n) is 3.63. The SMILES string of the molecule is CC(C)NC(=O)C1CCCN(Cc2ccc(Br)cc2)C1. The van der Waals surface area contributed by atoms with Gasteiger partial charge in [-0.05, 0) is 50.9 Å². The zero-order chi connectivity index (χ0) is 14.5. The van der Waals surface area contributed by atoms with Gasteiger partial charge in [0, 0.05) is 23.6 Å². The van der Waals surface area contributed by atoms with Crippen LogP contribution >= 0.6 is 15.9 Å². The van der Waals surface area contributed by atoms with E-state index < -0.39 is 0 Å². The quantitative estimate of drug-likeness (QED) is 0.914. The summed E-state index contributed by atoms with van der Waals surface area (Å²) >= 11 is 3.46. The minimum Gasteiger partial charge on any atom is -0.354 e. The summed E-state index contributed by atoms with van der Waals surface area (Å²) in [5.74, 6) is 0.349. The first-order chi connectivity index (χ1) is 9.54. The number of piperidine rings is 1. The second-order valence-corrected chi connectivity index (χ2v) is 6.78. The summed E-state index contributed by atoms with van der Waals surface area (Å²) in [6.07, 6.45) is 2.11. The fourth-order valence-corrected chi connectivity index (χ4v) is 2.93. The molecule has 20 heavy (non-hydrogen) atoms. The molecule has 2 rings (SSSR count). The summed E-state index contributed by atoms with van der Waals surface area (Å²) in [6, 6.07) is 8.65. The average molecular weight is 339 g/mol. The second-order valence-electron chi connectivity index (χ2n) is 5.86. The maximum absolute atomic E-state index is 12.1. The van der Waals surface area contributed by atoms with Gasteiger partial charge in [0.1, 0.15) is 0 Å². The van der Waals surface area contributed by atoms with Crippen LogP contribution in [0.4, 0.5) is 0 Å². The Morgan fingerprint density at radius 3 is 2.75 bits per heavy atom.